The van der Waals surface area contributed by atoms with Crippen LogP contribution in [0.1, 0.15) is 18.5 Å². The smallest absolute Gasteiger partial charge is 0.252 e. The van der Waals surface area contributed by atoms with Crippen molar-refractivity contribution in [3.63, 3.8) is 0 Å². The number of anilines is 1. The Hall–Kier alpha value is -1.65. The summed E-state index contributed by atoms with van der Waals surface area (Å²) >= 11 is 0. The Bertz CT molecular complexity index is 429. The standard InChI is InChI=1S/C10H13N3O2/c1-7-6-9(15)12-10(11-7)13-4-2-8(14)3-5-13/h6H,2-5H2,1H3,(H,11,12,15). The first-order valence-corrected chi connectivity index (χ1v) is 5.00. The van der Waals surface area contributed by atoms with E-state index in [2.05, 4.69) is 9.97 Å². The van der Waals surface area contributed by atoms with Gasteiger partial charge in [0.25, 0.3) is 5.56 Å². The van der Waals surface area contributed by atoms with Crippen LogP contribution in [0, 0.1) is 6.92 Å². The Morgan fingerprint density at radius 1 is 1.33 bits per heavy atom. The fourth-order valence-electron chi connectivity index (χ4n) is 1.68. The number of H-pyrrole nitrogens is 1. The average Bonchev–Trinajstić information content (AvgIpc) is 2.17. The number of hydrogen-bond acceptors (Lipinski definition) is 4. The Kier molecular flexibility index (Phi) is 2.53. The maximum Gasteiger partial charge on any atom is 0.252 e. The molecule has 5 heteroatoms. The SMILES string of the molecule is Cc1cc(=O)[nH]c(N2CCC(=O)CC2)n1. The molecule has 1 aliphatic rings. The molecule has 0 saturated carbocycles. The van der Waals surface area contributed by atoms with Crippen molar-refractivity contribution < 1.29 is 4.79 Å². The molecule has 5 nitrogen and oxygen atoms in total. The van der Waals surface area contributed by atoms with E-state index < -0.39 is 0 Å². The lowest BCUT2D eigenvalue weighted by atomic mass is 10.1. The Balaban J connectivity index is 2.22. The van der Waals surface area contributed by atoms with Gasteiger partial charge in [0.2, 0.25) is 5.95 Å². The summed E-state index contributed by atoms with van der Waals surface area (Å²) < 4.78 is 0. The van der Waals surface area contributed by atoms with Crippen molar-refractivity contribution in [2.45, 2.75) is 19.8 Å². The van der Waals surface area contributed by atoms with Gasteiger partial charge in [-0.25, -0.2) is 4.98 Å². The second-order valence-electron chi connectivity index (χ2n) is 3.74. The summed E-state index contributed by atoms with van der Waals surface area (Å²) in [5.41, 5.74) is 0.556. The fraction of sp³-hybridized carbons (Fsp3) is 0.500. The summed E-state index contributed by atoms with van der Waals surface area (Å²) in [6.45, 7) is 3.07. The number of piperidine rings is 1. The van der Waals surface area contributed by atoms with Crippen molar-refractivity contribution in [1.82, 2.24) is 9.97 Å². The zero-order valence-electron chi connectivity index (χ0n) is 8.62. The largest absolute Gasteiger partial charge is 0.341 e. The van der Waals surface area contributed by atoms with Crippen molar-refractivity contribution in [3.05, 3.63) is 22.1 Å². The number of aryl methyl sites for hydroxylation is 1. The van der Waals surface area contributed by atoms with Gasteiger partial charge in [0.05, 0.1) is 0 Å². The molecule has 2 rings (SSSR count). The molecule has 0 aliphatic carbocycles. The first-order valence-electron chi connectivity index (χ1n) is 5.00. The summed E-state index contributed by atoms with van der Waals surface area (Å²) in [5, 5.41) is 0. The highest BCUT2D eigenvalue weighted by atomic mass is 16.1. The lowest BCUT2D eigenvalue weighted by Gasteiger charge is -2.26. The molecule has 1 saturated heterocycles. The fourth-order valence-corrected chi connectivity index (χ4v) is 1.68. The predicted molar refractivity (Wildman–Crippen MR) is 56.0 cm³/mol. The van der Waals surface area contributed by atoms with Crippen molar-refractivity contribution in [3.8, 4) is 0 Å². The van der Waals surface area contributed by atoms with Crippen LogP contribution in [0.2, 0.25) is 0 Å². The van der Waals surface area contributed by atoms with Crippen molar-refractivity contribution in [1.29, 1.82) is 0 Å². The maximum atomic E-state index is 11.2. The summed E-state index contributed by atoms with van der Waals surface area (Å²) in [6, 6.07) is 1.46. The highest BCUT2D eigenvalue weighted by Gasteiger charge is 2.17. The van der Waals surface area contributed by atoms with Crippen LogP contribution in [0.15, 0.2) is 10.9 Å². The Morgan fingerprint density at radius 3 is 2.60 bits per heavy atom. The lowest BCUT2D eigenvalue weighted by Crippen LogP contribution is -2.36. The zero-order valence-corrected chi connectivity index (χ0v) is 8.62. The van der Waals surface area contributed by atoms with E-state index in [9.17, 15) is 9.59 Å². The minimum Gasteiger partial charge on any atom is -0.341 e. The molecule has 0 amide bonds. The second kappa shape index (κ2) is 3.84. The van der Waals surface area contributed by atoms with Crippen LogP contribution < -0.4 is 10.5 Å². The normalized spacial score (nSPS) is 16.9. The molecule has 0 bridgehead atoms. The van der Waals surface area contributed by atoms with Gasteiger partial charge in [-0.15, -0.1) is 0 Å². The number of carbonyl (C=O) groups is 1. The summed E-state index contributed by atoms with van der Waals surface area (Å²) in [7, 11) is 0. The molecule has 1 aromatic heterocycles. The van der Waals surface area contributed by atoms with Crippen LogP contribution in [0.25, 0.3) is 0 Å². The number of carbonyl (C=O) groups excluding carboxylic acids is 1. The molecule has 0 radical (unpaired) electrons. The van der Waals surface area contributed by atoms with Gasteiger partial charge in [-0.3, -0.25) is 14.6 Å². The van der Waals surface area contributed by atoms with E-state index in [1.54, 1.807) is 6.92 Å². The zero-order chi connectivity index (χ0) is 10.8. The van der Waals surface area contributed by atoms with Gasteiger partial charge in [0.1, 0.15) is 5.78 Å². The highest BCUT2D eigenvalue weighted by Crippen LogP contribution is 2.12. The first kappa shape index (κ1) is 9.89. The number of rotatable bonds is 1. The Morgan fingerprint density at radius 2 is 2.00 bits per heavy atom. The van der Waals surface area contributed by atoms with E-state index >= 15 is 0 Å². The first-order chi connectivity index (χ1) is 7.15. The summed E-state index contributed by atoms with van der Waals surface area (Å²) in [4.78, 5) is 31.1. The van der Waals surface area contributed by atoms with Gasteiger partial charge in [-0.1, -0.05) is 0 Å². The Labute approximate surface area is 87.1 Å². The average molecular weight is 207 g/mol. The van der Waals surface area contributed by atoms with Crippen molar-refractivity contribution in [2.24, 2.45) is 0 Å². The highest BCUT2D eigenvalue weighted by molar-refractivity contribution is 5.80. The molecule has 1 aliphatic heterocycles. The topological polar surface area (TPSA) is 66.1 Å². The van der Waals surface area contributed by atoms with Crippen LogP contribution in [-0.2, 0) is 4.79 Å². The van der Waals surface area contributed by atoms with E-state index in [4.69, 9.17) is 0 Å². The van der Waals surface area contributed by atoms with E-state index in [1.165, 1.54) is 6.07 Å². The van der Waals surface area contributed by atoms with E-state index in [-0.39, 0.29) is 11.3 Å². The minimum atomic E-state index is -0.144. The number of ketones is 1. The van der Waals surface area contributed by atoms with E-state index in [1.807, 2.05) is 4.90 Å². The summed E-state index contributed by atoms with van der Waals surface area (Å²) in [5.74, 6) is 0.855. The summed E-state index contributed by atoms with van der Waals surface area (Å²) in [6.07, 6.45) is 1.08. The van der Waals surface area contributed by atoms with Crippen molar-refractivity contribution >= 4 is 11.7 Å². The van der Waals surface area contributed by atoms with Gasteiger partial charge >= 0.3 is 0 Å². The van der Waals surface area contributed by atoms with Gasteiger partial charge in [-0.2, -0.15) is 0 Å². The second-order valence-corrected chi connectivity index (χ2v) is 3.74. The molecule has 0 unspecified atom stereocenters. The van der Waals surface area contributed by atoms with E-state index in [0.29, 0.717) is 37.6 Å². The molecule has 1 fully saturated rings. The van der Waals surface area contributed by atoms with Crippen LogP contribution in [0.5, 0.6) is 0 Å². The molecular formula is C10H13N3O2. The molecule has 80 valence electrons. The third kappa shape index (κ3) is 2.23. The van der Waals surface area contributed by atoms with Crippen molar-refractivity contribution in [2.75, 3.05) is 18.0 Å². The number of aromatic nitrogens is 2. The molecular weight excluding hydrogens is 194 g/mol. The van der Waals surface area contributed by atoms with Crippen LogP contribution in [0.4, 0.5) is 5.95 Å². The van der Waals surface area contributed by atoms with Crippen LogP contribution in [-0.4, -0.2) is 28.8 Å². The van der Waals surface area contributed by atoms with E-state index in [0.717, 1.165) is 0 Å². The van der Waals surface area contributed by atoms with Crippen LogP contribution in [0.3, 0.4) is 0 Å². The van der Waals surface area contributed by atoms with Gasteiger partial charge in [-0.05, 0) is 6.92 Å². The number of Topliss-reactive ketones (excluding diaryl/α,β-unsaturated/α-hetero) is 1. The number of nitrogens with zero attached hydrogens (tertiary/aromatic N) is 2. The third-order valence-corrected chi connectivity index (χ3v) is 2.48. The van der Waals surface area contributed by atoms with Gasteiger partial charge in [0.15, 0.2) is 0 Å². The predicted octanol–water partition coefficient (Wildman–Crippen LogP) is 0.248. The molecule has 0 aromatic carbocycles. The number of aromatic amines is 1. The minimum absolute atomic E-state index is 0.144. The van der Waals surface area contributed by atoms with Crippen LogP contribution >= 0.6 is 0 Å². The monoisotopic (exact) mass is 207 g/mol. The molecule has 1 N–H and O–H groups in total. The molecule has 0 atom stereocenters. The number of hydrogen-bond donors (Lipinski definition) is 1. The third-order valence-electron chi connectivity index (χ3n) is 2.48. The van der Waals surface area contributed by atoms with Gasteiger partial charge < -0.3 is 4.90 Å². The molecule has 2 heterocycles. The molecule has 0 spiro atoms. The lowest BCUT2D eigenvalue weighted by molar-refractivity contribution is -0.119. The maximum absolute atomic E-state index is 11.2. The number of nitrogens with one attached hydrogen (secondary N) is 1. The quantitative estimate of drug-likeness (QED) is 0.716. The molecule has 1 aromatic rings. The molecule has 15 heavy (non-hydrogen) atoms. The van der Waals surface area contributed by atoms with Gasteiger partial charge in [0, 0.05) is 37.7 Å².